The molecule has 0 spiro atoms. The number of carboxylic acids is 1. The van der Waals surface area contributed by atoms with Crippen LogP contribution in [0.5, 0.6) is 0 Å². The monoisotopic (exact) mass is 349 g/mol. The lowest BCUT2D eigenvalue weighted by Gasteiger charge is -2.21. The van der Waals surface area contributed by atoms with Crippen molar-refractivity contribution in [2.45, 2.75) is 31.0 Å². The van der Waals surface area contributed by atoms with Crippen molar-refractivity contribution >= 4 is 42.2 Å². The average Bonchev–Trinajstić information content (AvgIpc) is 2.41. The van der Waals surface area contributed by atoms with Crippen LogP contribution in [0.3, 0.4) is 0 Å². The maximum atomic E-state index is 11.9. The zero-order valence-electron chi connectivity index (χ0n) is 12.0. The highest BCUT2D eigenvalue weighted by Crippen LogP contribution is 1.97. The molecule has 0 bridgehead atoms. The van der Waals surface area contributed by atoms with E-state index < -0.39 is 60.6 Å². The van der Waals surface area contributed by atoms with Gasteiger partial charge < -0.3 is 32.9 Å². The molecule has 0 aliphatic carbocycles. The quantitative estimate of drug-likeness (QED) is 0.194. The Morgan fingerprint density at radius 3 is 1.78 bits per heavy atom. The molecule has 0 rings (SSSR count). The van der Waals surface area contributed by atoms with Crippen molar-refractivity contribution in [1.82, 2.24) is 10.6 Å². The maximum absolute atomic E-state index is 11.9. The standard InChI is InChI=1S/C11H19N5O6S/c12-4(1-7(13)17)9(19)16-6(3-23)10(20)15-5(11(21)22)2-8(14)18/h4-6,23H,1-3,12H2,(H2,13,17)(H2,14,18)(H,15,20)(H,16,19)(H,21,22). The predicted octanol–water partition coefficient (Wildman–Crippen LogP) is -3.95. The van der Waals surface area contributed by atoms with E-state index >= 15 is 0 Å². The van der Waals surface area contributed by atoms with Crippen LogP contribution in [-0.4, -0.2) is 58.6 Å². The normalized spacial score (nSPS) is 14.2. The van der Waals surface area contributed by atoms with Crippen molar-refractivity contribution in [2.24, 2.45) is 17.2 Å². The molecule has 23 heavy (non-hydrogen) atoms. The molecule has 0 saturated carbocycles. The van der Waals surface area contributed by atoms with E-state index in [4.69, 9.17) is 22.3 Å². The van der Waals surface area contributed by atoms with Crippen molar-refractivity contribution in [3.63, 3.8) is 0 Å². The van der Waals surface area contributed by atoms with E-state index in [1.807, 2.05) is 5.32 Å². The Hall–Kier alpha value is -2.34. The van der Waals surface area contributed by atoms with Crippen LogP contribution in [0, 0.1) is 0 Å². The van der Waals surface area contributed by atoms with Gasteiger partial charge in [-0.15, -0.1) is 0 Å². The highest BCUT2D eigenvalue weighted by atomic mass is 32.1. The molecule has 0 aromatic heterocycles. The van der Waals surface area contributed by atoms with Crippen LogP contribution >= 0.6 is 12.6 Å². The minimum Gasteiger partial charge on any atom is -0.480 e. The summed E-state index contributed by atoms with van der Waals surface area (Å²) in [5.74, 6) is -5.09. The third kappa shape index (κ3) is 8.01. The number of nitrogens with two attached hydrogens (primary N) is 3. The van der Waals surface area contributed by atoms with Gasteiger partial charge in [0.15, 0.2) is 0 Å². The summed E-state index contributed by atoms with van der Waals surface area (Å²) in [5.41, 5.74) is 15.2. The van der Waals surface area contributed by atoms with Crippen molar-refractivity contribution < 1.29 is 29.1 Å². The molecule has 0 radical (unpaired) electrons. The maximum Gasteiger partial charge on any atom is 0.326 e. The number of amides is 4. The van der Waals surface area contributed by atoms with Crippen molar-refractivity contribution in [2.75, 3.05) is 5.75 Å². The molecule has 4 amide bonds. The van der Waals surface area contributed by atoms with Gasteiger partial charge in [0.25, 0.3) is 0 Å². The second kappa shape index (κ2) is 9.63. The van der Waals surface area contributed by atoms with Crippen LogP contribution in [0.1, 0.15) is 12.8 Å². The molecule has 9 N–H and O–H groups in total. The molecule has 0 saturated heterocycles. The number of thiol groups is 1. The molecule has 0 fully saturated rings. The van der Waals surface area contributed by atoms with Gasteiger partial charge in [0, 0.05) is 5.75 Å². The number of carbonyl (C=O) groups excluding carboxylic acids is 4. The van der Waals surface area contributed by atoms with Crippen molar-refractivity contribution in [3.8, 4) is 0 Å². The van der Waals surface area contributed by atoms with E-state index in [1.54, 1.807) is 0 Å². The van der Waals surface area contributed by atoms with Crippen LogP contribution in [0.25, 0.3) is 0 Å². The van der Waals surface area contributed by atoms with Crippen LogP contribution in [0.15, 0.2) is 0 Å². The topological polar surface area (TPSA) is 208 Å². The third-order valence-electron chi connectivity index (χ3n) is 2.59. The van der Waals surface area contributed by atoms with Crippen molar-refractivity contribution in [3.05, 3.63) is 0 Å². The summed E-state index contributed by atoms with van der Waals surface area (Å²) < 4.78 is 0. The van der Waals surface area contributed by atoms with Crippen LogP contribution in [0.2, 0.25) is 0 Å². The first-order valence-electron chi connectivity index (χ1n) is 6.35. The number of carboxylic acid groups (broad SMARTS) is 1. The molecular weight excluding hydrogens is 330 g/mol. The Kier molecular flexibility index (Phi) is 8.65. The van der Waals surface area contributed by atoms with Crippen LogP contribution in [-0.2, 0) is 24.0 Å². The number of hydrogen-bond acceptors (Lipinski definition) is 7. The van der Waals surface area contributed by atoms with Gasteiger partial charge in [-0.05, 0) is 0 Å². The molecule has 130 valence electrons. The molecule has 3 unspecified atom stereocenters. The third-order valence-corrected chi connectivity index (χ3v) is 2.96. The SMILES string of the molecule is NC(=O)CC(N)C(=O)NC(CS)C(=O)NC(CC(N)=O)C(=O)O. The summed E-state index contributed by atoms with van der Waals surface area (Å²) in [5, 5.41) is 13.1. The predicted molar refractivity (Wildman–Crippen MR) is 80.9 cm³/mol. The molecule has 0 aliphatic rings. The van der Waals surface area contributed by atoms with E-state index in [0.717, 1.165) is 0 Å². The van der Waals surface area contributed by atoms with Gasteiger partial charge in [0.2, 0.25) is 23.6 Å². The van der Waals surface area contributed by atoms with Crippen LogP contribution in [0.4, 0.5) is 0 Å². The number of primary amides is 2. The Labute approximate surface area is 136 Å². The van der Waals surface area contributed by atoms with Crippen LogP contribution < -0.4 is 27.8 Å². The first-order valence-corrected chi connectivity index (χ1v) is 6.98. The first-order chi connectivity index (χ1) is 10.6. The number of rotatable bonds is 10. The Morgan fingerprint density at radius 1 is 0.913 bits per heavy atom. The minimum atomic E-state index is -1.54. The molecule has 0 aromatic carbocycles. The summed E-state index contributed by atoms with van der Waals surface area (Å²) in [6, 6.07) is -4.03. The van der Waals surface area contributed by atoms with Crippen molar-refractivity contribution in [1.29, 1.82) is 0 Å². The molecule has 0 aliphatic heterocycles. The molecule has 0 aromatic rings. The molecule has 11 nitrogen and oxygen atoms in total. The number of carbonyl (C=O) groups is 5. The van der Waals surface area contributed by atoms with Gasteiger partial charge in [-0.25, -0.2) is 4.79 Å². The number of nitrogens with one attached hydrogen (secondary N) is 2. The molecule has 3 atom stereocenters. The van der Waals surface area contributed by atoms with Gasteiger partial charge in [-0.1, -0.05) is 0 Å². The fourth-order valence-corrected chi connectivity index (χ4v) is 1.71. The zero-order valence-corrected chi connectivity index (χ0v) is 12.9. The summed E-state index contributed by atoms with van der Waals surface area (Å²) in [4.78, 5) is 56.0. The lowest BCUT2D eigenvalue weighted by molar-refractivity contribution is -0.143. The molecule has 12 heteroatoms. The highest BCUT2D eigenvalue weighted by Gasteiger charge is 2.28. The summed E-state index contributed by atoms with van der Waals surface area (Å²) in [6.45, 7) is 0. The average molecular weight is 349 g/mol. The number of hydrogen-bond donors (Lipinski definition) is 7. The fraction of sp³-hybridized carbons (Fsp3) is 0.545. The molecular formula is C11H19N5O6S. The van der Waals surface area contributed by atoms with Gasteiger partial charge in [-0.3, -0.25) is 19.2 Å². The molecule has 0 heterocycles. The van der Waals surface area contributed by atoms with Gasteiger partial charge >= 0.3 is 5.97 Å². The minimum absolute atomic E-state index is 0.177. The van der Waals surface area contributed by atoms with Gasteiger partial charge in [-0.2, -0.15) is 12.6 Å². The highest BCUT2D eigenvalue weighted by molar-refractivity contribution is 7.80. The number of aliphatic carboxylic acids is 1. The Morgan fingerprint density at radius 2 is 1.39 bits per heavy atom. The lowest BCUT2D eigenvalue weighted by atomic mass is 10.1. The summed E-state index contributed by atoms with van der Waals surface area (Å²) in [6.07, 6.45) is -1.04. The van der Waals surface area contributed by atoms with E-state index in [2.05, 4.69) is 17.9 Å². The smallest absolute Gasteiger partial charge is 0.326 e. The fourth-order valence-electron chi connectivity index (χ4n) is 1.46. The van der Waals surface area contributed by atoms with E-state index in [1.165, 1.54) is 0 Å². The van der Waals surface area contributed by atoms with E-state index in [-0.39, 0.29) is 5.75 Å². The Bertz CT molecular complexity index is 499. The van der Waals surface area contributed by atoms with Gasteiger partial charge in [0.1, 0.15) is 12.1 Å². The van der Waals surface area contributed by atoms with E-state index in [9.17, 15) is 24.0 Å². The lowest BCUT2D eigenvalue weighted by Crippen LogP contribution is -2.56. The second-order valence-electron chi connectivity index (χ2n) is 4.59. The summed E-state index contributed by atoms with van der Waals surface area (Å²) in [7, 11) is 0. The summed E-state index contributed by atoms with van der Waals surface area (Å²) >= 11 is 3.86. The first kappa shape index (κ1) is 20.7. The Balaban J connectivity index is 4.78. The largest absolute Gasteiger partial charge is 0.480 e. The zero-order chi connectivity index (χ0) is 18.2. The van der Waals surface area contributed by atoms with E-state index in [0.29, 0.717) is 0 Å². The van der Waals surface area contributed by atoms with Gasteiger partial charge in [0.05, 0.1) is 18.9 Å². The second-order valence-corrected chi connectivity index (χ2v) is 4.96.